The van der Waals surface area contributed by atoms with Crippen LogP contribution in [0.3, 0.4) is 0 Å². The summed E-state index contributed by atoms with van der Waals surface area (Å²) in [6.45, 7) is 2.61. The highest BCUT2D eigenvalue weighted by atomic mass is 79.9. The Bertz CT molecular complexity index is 598. The minimum atomic E-state index is -0.941. The van der Waals surface area contributed by atoms with E-state index in [0.29, 0.717) is 12.2 Å². The van der Waals surface area contributed by atoms with Crippen molar-refractivity contribution in [2.24, 2.45) is 0 Å². The van der Waals surface area contributed by atoms with Crippen LogP contribution in [0.4, 0.5) is 5.69 Å². The molecular weight excluding hydrogens is 328 g/mol. The fourth-order valence-corrected chi connectivity index (χ4v) is 2.78. The molecule has 0 aliphatic carbocycles. The maximum Gasteiger partial charge on any atom is 0.337 e. The third kappa shape index (κ3) is 3.54. The Morgan fingerprint density at radius 3 is 2.95 bits per heavy atom. The number of aryl methyl sites for hydroxylation is 1. The summed E-state index contributed by atoms with van der Waals surface area (Å²) in [5.41, 5.74) is 0.852. The van der Waals surface area contributed by atoms with Gasteiger partial charge in [0.05, 0.1) is 17.8 Å². The molecule has 100 valence electrons. The Morgan fingerprint density at radius 2 is 2.32 bits per heavy atom. The molecule has 0 radical (unpaired) electrons. The lowest BCUT2D eigenvalue weighted by Gasteiger charge is -2.08. The molecule has 0 saturated heterocycles. The van der Waals surface area contributed by atoms with Gasteiger partial charge in [-0.3, -0.25) is 0 Å². The van der Waals surface area contributed by atoms with Gasteiger partial charge >= 0.3 is 5.97 Å². The minimum absolute atomic E-state index is 0.260. The predicted molar refractivity (Wildman–Crippen MR) is 79.9 cm³/mol. The van der Waals surface area contributed by atoms with Gasteiger partial charge in [-0.1, -0.05) is 22.9 Å². The monoisotopic (exact) mass is 340 g/mol. The van der Waals surface area contributed by atoms with Gasteiger partial charge in [-0.2, -0.15) is 0 Å². The van der Waals surface area contributed by atoms with Crippen molar-refractivity contribution in [1.29, 1.82) is 0 Å². The first-order valence-electron chi connectivity index (χ1n) is 5.80. The summed E-state index contributed by atoms with van der Waals surface area (Å²) in [6, 6.07) is 5.05. The molecule has 0 spiro atoms. The summed E-state index contributed by atoms with van der Waals surface area (Å²) in [6.07, 6.45) is 2.83. The summed E-state index contributed by atoms with van der Waals surface area (Å²) in [7, 11) is 0. The summed E-state index contributed by atoms with van der Waals surface area (Å²) < 4.78 is 0.841. The molecule has 0 atom stereocenters. The number of benzene rings is 1. The molecule has 2 N–H and O–H groups in total. The molecule has 19 heavy (non-hydrogen) atoms. The summed E-state index contributed by atoms with van der Waals surface area (Å²) in [4.78, 5) is 16.6. The van der Waals surface area contributed by atoms with E-state index in [1.807, 2.05) is 6.20 Å². The lowest BCUT2D eigenvalue weighted by Crippen LogP contribution is -2.06. The number of hydrogen-bond donors (Lipinski definition) is 2. The maximum absolute atomic E-state index is 11.1. The number of carboxylic acid groups (broad SMARTS) is 1. The summed E-state index contributed by atoms with van der Waals surface area (Å²) in [5.74, 6) is -0.941. The van der Waals surface area contributed by atoms with Crippen LogP contribution in [0.25, 0.3) is 0 Å². The van der Waals surface area contributed by atoms with Gasteiger partial charge in [0, 0.05) is 15.5 Å². The number of nitrogens with one attached hydrogen (secondary N) is 1. The van der Waals surface area contributed by atoms with Crippen LogP contribution in [0, 0.1) is 0 Å². The van der Waals surface area contributed by atoms with Crippen molar-refractivity contribution in [3.63, 3.8) is 0 Å². The molecule has 2 rings (SSSR count). The van der Waals surface area contributed by atoms with E-state index < -0.39 is 5.97 Å². The number of nitrogens with zero attached hydrogens (tertiary/aromatic N) is 1. The van der Waals surface area contributed by atoms with Crippen LogP contribution < -0.4 is 5.32 Å². The van der Waals surface area contributed by atoms with Gasteiger partial charge in [0.2, 0.25) is 0 Å². The van der Waals surface area contributed by atoms with E-state index in [9.17, 15) is 4.79 Å². The predicted octanol–water partition coefficient (Wildman–Crippen LogP) is 3.78. The molecular formula is C13H13BrN2O2S. The second kappa shape index (κ2) is 6.16. The molecule has 0 amide bonds. The summed E-state index contributed by atoms with van der Waals surface area (Å²) >= 11 is 4.98. The minimum Gasteiger partial charge on any atom is -0.478 e. The number of thiazole rings is 1. The molecule has 0 fully saturated rings. The van der Waals surface area contributed by atoms with Crippen molar-refractivity contribution in [3.05, 3.63) is 44.3 Å². The van der Waals surface area contributed by atoms with Crippen LogP contribution in [0.2, 0.25) is 0 Å². The van der Waals surface area contributed by atoms with E-state index in [1.54, 1.807) is 29.5 Å². The molecule has 0 unspecified atom stereocenters. The molecule has 1 heterocycles. The first-order chi connectivity index (χ1) is 9.10. The van der Waals surface area contributed by atoms with Crippen molar-refractivity contribution in [2.75, 3.05) is 5.32 Å². The molecule has 2 aromatic rings. The van der Waals surface area contributed by atoms with Gasteiger partial charge in [-0.05, 0) is 24.6 Å². The van der Waals surface area contributed by atoms with Gasteiger partial charge < -0.3 is 10.4 Å². The molecule has 1 aromatic carbocycles. The number of anilines is 1. The molecule has 0 saturated carbocycles. The van der Waals surface area contributed by atoms with Gasteiger partial charge in [0.15, 0.2) is 0 Å². The number of carbonyl (C=O) groups is 1. The average Bonchev–Trinajstić information content (AvgIpc) is 2.84. The highest BCUT2D eigenvalue weighted by molar-refractivity contribution is 9.10. The van der Waals surface area contributed by atoms with Gasteiger partial charge in [-0.15, -0.1) is 11.3 Å². The quantitative estimate of drug-likeness (QED) is 0.869. The van der Waals surface area contributed by atoms with Crippen LogP contribution in [-0.4, -0.2) is 16.1 Å². The van der Waals surface area contributed by atoms with E-state index in [0.717, 1.165) is 15.9 Å². The van der Waals surface area contributed by atoms with Gasteiger partial charge in [0.25, 0.3) is 0 Å². The fraction of sp³-hybridized carbons (Fsp3) is 0.231. The zero-order valence-electron chi connectivity index (χ0n) is 10.3. The Labute approximate surface area is 123 Å². The van der Waals surface area contributed by atoms with Crippen molar-refractivity contribution in [2.45, 2.75) is 19.9 Å². The topological polar surface area (TPSA) is 62.2 Å². The van der Waals surface area contributed by atoms with Crippen molar-refractivity contribution >= 4 is 38.9 Å². The highest BCUT2D eigenvalue weighted by Crippen LogP contribution is 2.23. The number of hydrogen-bond acceptors (Lipinski definition) is 4. The number of aromatic carboxylic acids is 1. The number of carboxylic acids is 1. The van der Waals surface area contributed by atoms with Crippen LogP contribution in [-0.2, 0) is 13.0 Å². The third-order valence-electron chi connectivity index (χ3n) is 2.59. The number of aromatic nitrogens is 1. The Hall–Kier alpha value is -1.40. The molecule has 1 aromatic heterocycles. The first kappa shape index (κ1) is 14.0. The van der Waals surface area contributed by atoms with E-state index in [2.05, 4.69) is 33.2 Å². The van der Waals surface area contributed by atoms with Crippen LogP contribution in [0.15, 0.2) is 28.9 Å². The van der Waals surface area contributed by atoms with Crippen molar-refractivity contribution in [1.82, 2.24) is 4.98 Å². The van der Waals surface area contributed by atoms with E-state index in [4.69, 9.17) is 5.11 Å². The SMILES string of the molecule is CCc1cnc(CNc2cc(Br)ccc2C(=O)O)s1. The molecule has 0 aliphatic heterocycles. The zero-order chi connectivity index (χ0) is 13.8. The maximum atomic E-state index is 11.1. The van der Waals surface area contributed by atoms with Crippen LogP contribution >= 0.6 is 27.3 Å². The molecule has 0 aliphatic rings. The van der Waals surface area contributed by atoms with Gasteiger partial charge in [-0.25, -0.2) is 9.78 Å². The Balaban J connectivity index is 2.14. The second-order valence-electron chi connectivity index (χ2n) is 3.92. The standard InChI is InChI=1S/C13H13BrN2O2S/c1-2-9-6-16-12(19-9)7-15-11-5-8(14)3-4-10(11)13(17)18/h3-6,15H,2,7H2,1H3,(H,17,18). The molecule has 0 bridgehead atoms. The van der Waals surface area contributed by atoms with Crippen molar-refractivity contribution in [3.8, 4) is 0 Å². The third-order valence-corrected chi connectivity index (χ3v) is 4.23. The van der Waals surface area contributed by atoms with E-state index >= 15 is 0 Å². The smallest absolute Gasteiger partial charge is 0.337 e. The van der Waals surface area contributed by atoms with Crippen molar-refractivity contribution < 1.29 is 9.90 Å². The highest BCUT2D eigenvalue weighted by Gasteiger charge is 2.10. The first-order valence-corrected chi connectivity index (χ1v) is 7.41. The second-order valence-corrected chi connectivity index (χ2v) is 6.04. The lowest BCUT2D eigenvalue weighted by atomic mass is 10.2. The Morgan fingerprint density at radius 1 is 1.53 bits per heavy atom. The molecule has 4 nitrogen and oxygen atoms in total. The zero-order valence-corrected chi connectivity index (χ0v) is 12.7. The fourth-order valence-electron chi connectivity index (χ4n) is 1.61. The Kier molecular flexibility index (Phi) is 4.55. The normalized spacial score (nSPS) is 10.4. The number of rotatable bonds is 5. The largest absolute Gasteiger partial charge is 0.478 e. The lowest BCUT2D eigenvalue weighted by molar-refractivity contribution is 0.0698. The number of halogens is 1. The molecule has 6 heteroatoms. The van der Waals surface area contributed by atoms with Gasteiger partial charge in [0.1, 0.15) is 5.01 Å². The van der Waals surface area contributed by atoms with Crippen LogP contribution in [0.1, 0.15) is 27.2 Å². The van der Waals surface area contributed by atoms with Crippen LogP contribution in [0.5, 0.6) is 0 Å². The van der Waals surface area contributed by atoms with E-state index in [1.165, 1.54) is 4.88 Å². The average molecular weight is 341 g/mol. The van der Waals surface area contributed by atoms with E-state index in [-0.39, 0.29) is 5.56 Å². The summed E-state index contributed by atoms with van der Waals surface area (Å²) in [5, 5.41) is 13.2.